The Morgan fingerprint density at radius 1 is 1.60 bits per heavy atom. The Morgan fingerprint density at radius 2 is 2.40 bits per heavy atom. The van der Waals surface area contributed by atoms with Gasteiger partial charge in [0.2, 0.25) is 0 Å². The maximum atomic E-state index is 10.4. The lowest BCUT2D eigenvalue weighted by Gasteiger charge is -2.08. The van der Waals surface area contributed by atoms with E-state index in [1.54, 1.807) is 0 Å². The summed E-state index contributed by atoms with van der Waals surface area (Å²) in [6.07, 6.45) is 3.27. The molecule has 0 aliphatic carbocycles. The fourth-order valence-corrected chi connectivity index (χ4v) is 2.23. The average molecular weight is 225 g/mol. The van der Waals surface area contributed by atoms with Crippen LogP contribution in [0.4, 0.5) is 0 Å². The summed E-state index contributed by atoms with van der Waals surface area (Å²) in [5.41, 5.74) is 2.21. The predicted octanol–water partition coefficient (Wildman–Crippen LogP) is 2.79. The Kier molecular flexibility index (Phi) is 2.96. The van der Waals surface area contributed by atoms with Gasteiger partial charge >= 0.3 is 0 Å². The van der Waals surface area contributed by atoms with Crippen LogP contribution in [0.3, 0.4) is 0 Å². The Labute approximate surface area is 94.2 Å². The van der Waals surface area contributed by atoms with E-state index in [4.69, 9.17) is 16.3 Å². The number of halogens is 1. The van der Waals surface area contributed by atoms with Crippen LogP contribution in [0.5, 0.6) is 5.75 Å². The van der Waals surface area contributed by atoms with Crippen LogP contribution in [0.25, 0.3) is 0 Å². The van der Waals surface area contributed by atoms with E-state index < -0.39 is 0 Å². The molecule has 1 unspecified atom stereocenters. The monoisotopic (exact) mass is 224 g/mol. The molecule has 15 heavy (non-hydrogen) atoms. The first-order valence-corrected chi connectivity index (χ1v) is 5.50. The van der Waals surface area contributed by atoms with Crippen LogP contribution in [-0.2, 0) is 17.6 Å². The number of ether oxygens (including phenoxy) is 1. The van der Waals surface area contributed by atoms with Gasteiger partial charge < -0.3 is 9.53 Å². The average Bonchev–Trinajstić information content (AvgIpc) is 2.54. The van der Waals surface area contributed by atoms with Crippen molar-refractivity contribution in [1.82, 2.24) is 0 Å². The van der Waals surface area contributed by atoms with Gasteiger partial charge in [0.25, 0.3) is 0 Å². The maximum Gasteiger partial charge on any atom is 0.126 e. The molecule has 1 aliphatic rings. The Hall–Kier alpha value is -1.02. The highest BCUT2D eigenvalue weighted by Crippen LogP contribution is 2.35. The van der Waals surface area contributed by atoms with Gasteiger partial charge in [0, 0.05) is 17.9 Å². The van der Waals surface area contributed by atoms with Crippen LogP contribution < -0.4 is 4.74 Å². The van der Waals surface area contributed by atoms with Crippen LogP contribution >= 0.6 is 11.6 Å². The fraction of sp³-hybridized carbons (Fsp3) is 0.417. The second-order valence-electron chi connectivity index (χ2n) is 3.89. The zero-order valence-electron chi connectivity index (χ0n) is 8.63. The quantitative estimate of drug-likeness (QED) is 0.738. The molecule has 0 amide bonds. The van der Waals surface area contributed by atoms with Crippen molar-refractivity contribution in [1.29, 1.82) is 0 Å². The number of benzene rings is 1. The van der Waals surface area contributed by atoms with Crippen molar-refractivity contribution >= 4 is 17.9 Å². The molecule has 0 saturated carbocycles. The van der Waals surface area contributed by atoms with Gasteiger partial charge in [0.15, 0.2) is 0 Å². The summed E-state index contributed by atoms with van der Waals surface area (Å²) in [6, 6.07) is 3.84. The number of hydrogen-bond acceptors (Lipinski definition) is 2. The highest BCUT2D eigenvalue weighted by molar-refractivity contribution is 6.30. The van der Waals surface area contributed by atoms with E-state index in [1.165, 1.54) is 0 Å². The highest BCUT2D eigenvalue weighted by atomic mass is 35.5. The molecular weight excluding hydrogens is 212 g/mol. The maximum absolute atomic E-state index is 10.4. The lowest BCUT2D eigenvalue weighted by Crippen LogP contribution is -2.06. The third-order valence-corrected chi connectivity index (χ3v) is 2.78. The zero-order valence-corrected chi connectivity index (χ0v) is 9.38. The molecule has 2 nitrogen and oxygen atoms in total. The molecule has 1 atom stereocenters. The zero-order chi connectivity index (χ0) is 10.8. The molecule has 1 aromatic rings. The van der Waals surface area contributed by atoms with Gasteiger partial charge in [-0.15, -0.1) is 0 Å². The molecule has 1 aliphatic heterocycles. The van der Waals surface area contributed by atoms with Gasteiger partial charge in [-0.1, -0.05) is 11.6 Å². The minimum Gasteiger partial charge on any atom is -0.490 e. The molecule has 0 saturated heterocycles. The highest BCUT2D eigenvalue weighted by Gasteiger charge is 2.22. The molecule has 3 heteroatoms. The van der Waals surface area contributed by atoms with Crippen molar-refractivity contribution in [3.63, 3.8) is 0 Å². The first kappa shape index (κ1) is 10.5. The minimum atomic E-state index is 0.216. The van der Waals surface area contributed by atoms with Crippen molar-refractivity contribution in [2.45, 2.75) is 32.3 Å². The summed E-state index contributed by atoms with van der Waals surface area (Å²) in [5.74, 6) is 0.939. The molecule has 80 valence electrons. The summed E-state index contributed by atoms with van der Waals surface area (Å²) in [6.45, 7) is 2.04. The van der Waals surface area contributed by atoms with Gasteiger partial charge in [0.1, 0.15) is 18.1 Å². The number of carbonyl (C=O) groups is 1. The Bertz CT molecular complexity index is 387. The topological polar surface area (TPSA) is 26.3 Å². The summed E-state index contributed by atoms with van der Waals surface area (Å²) >= 11 is 6.01. The largest absolute Gasteiger partial charge is 0.490 e. The van der Waals surface area contributed by atoms with Crippen molar-refractivity contribution < 1.29 is 9.53 Å². The number of aldehydes is 1. The first-order valence-electron chi connectivity index (χ1n) is 5.12. The van der Waals surface area contributed by atoms with Crippen LogP contribution in [0, 0.1) is 0 Å². The van der Waals surface area contributed by atoms with E-state index in [2.05, 4.69) is 0 Å². The molecule has 0 fully saturated rings. The smallest absolute Gasteiger partial charge is 0.126 e. The molecule has 0 bridgehead atoms. The normalized spacial score (nSPS) is 18.4. The van der Waals surface area contributed by atoms with Crippen molar-refractivity contribution in [3.8, 4) is 5.75 Å². The molecule has 0 N–H and O–H groups in total. The lowest BCUT2D eigenvalue weighted by atomic mass is 10.0. The SMILES string of the molecule is CC1Cc2cc(Cl)cc(CCC=O)c2O1. The molecule has 1 heterocycles. The van der Waals surface area contributed by atoms with Crippen LogP contribution in [0.1, 0.15) is 24.5 Å². The number of hydrogen-bond donors (Lipinski definition) is 0. The lowest BCUT2D eigenvalue weighted by molar-refractivity contribution is -0.107. The Balaban J connectivity index is 2.33. The van der Waals surface area contributed by atoms with Gasteiger partial charge in [0.05, 0.1) is 0 Å². The van der Waals surface area contributed by atoms with Crippen molar-refractivity contribution in [2.75, 3.05) is 0 Å². The summed E-state index contributed by atoms with van der Waals surface area (Å²) in [7, 11) is 0. The summed E-state index contributed by atoms with van der Waals surface area (Å²) in [5, 5.41) is 0.729. The fourth-order valence-electron chi connectivity index (χ4n) is 1.97. The van der Waals surface area contributed by atoms with E-state index in [1.807, 2.05) is 19.1 Å². The van der Waals surface area contributed by atoms with Crippen molar-refractivity contribution in [3.05, 3.63) is 28.3 Å². The van der Waals surface area contributed by atoms with Gasteiger partial charge in [-0.2, -0.15) is 0 Å². The number of rotatable bonds is 3. The second kappa shape index (κ2) is 4.23. The van der Waals surface area contributed by atoms with Gasteiger partial charge in [-0.25, -0.2) is 0 Å². The number of fused-ring (bicyclic) bond motifs is 1. The predicted molar refractivity (Wildman–Crippen MR) is 59.6 cm³/mol. The molecular formula is C12H13ClO2. The van der Waals surface area contributed by atoms with E-state index in [9.17, 15) is 4.79 Å². The Morgan fingerprint density at radius 3 is 3.13 bits per heavy atom. The van der Waals surface area contributed by atoms with Gasteiger partial charge in [-0.05, 0) is 36.6 Å². The number of aryl methyl sites for hydroxylation is 1. The molecule has 0 spiro atoms. The first-order chi connectivity index (χ1) is 7.20. The summed E-state index contributed by atoms with van der Waals surface area (Å²) < 4.78 is 5.72. The van der Waals surface area contributed by atoms with E-state index in [0.717, 1.165) is 34.6 Å². The second-order valence-corrected chi connectivity index (χ2v) is 4.33. The van der Waals surface area contributed by atoms with E-state index in [-0.39, 0.29) is 6.10 Å². The van der Waals surface area contributed by atoms with Crippen LogP contribution in [-0.4, -0.2) is 12.4 Å². The molecule has 0 aromatic heterocycles. The molecule has 2 rings (SSSR count). The van der Waals surface area contributed by atoms with E-state index >= 15 is 0 Å². The molecule has 1 aromatic carbocycles. The van der Waals surface area contributed by atoms with Gasteiger partial charge in [-0.3, -0.25) is 0 Å². The van der Waals surface area contributed by atoms with Crippen molar-refractivity contribution in [2.24, 2.45) is 0 Å². The number of carbonyl (C=O) groups excluding carboxylic acids is 1. The van der Waals surface area contributed by atoms with E-state index in [0.29, 0.717) is 12.8 Å². The van der Waals surface area contributed by atoms with Crippen LogP contribution in [0.2, 0.25) is 5.02 Å². The van der Waals surface area contributed by atoms with Crippen LogP contribution in [0.15, 0.2) is 12.1 Å². The third-order valence-electron chi connectivity index (χ3n) is 2.57. The minimum absolute atomic E-state index is 0.216. The molecule has 0 radical (unpaired) electrons. The standard InChI is InChI=1S/C12H13ClO2/c1-8-5-10-7-11(13)6-9(3-2-4-14)12(10)15-8/h4,6-8H,2-3,5H2,1H3. The third kappa shape index (κ3) is 2.15. The summed E-state index contributed by atoms with van der Waals surface area (Å²) in [4.78, 5) is 10.4.